The van der Waals surface area contributed by atoms with Crippen molar-refractivity contribution in [2.45, 2.75) is 43.8 Å². The Bertz CT molecular complexity index is 774. The van der Waals surface area contributed by atoms with Crippen LogP contribution in [0.1, 0.15) is 20.8 Å². The predicted octanol–water partition coefficient (Wildman–Crippen LogP) is 4.59. The zero-order chi connectivity index (χ0) is 16.6. The third kappa shape index (κ3) is 3.59. The van der Waals surface area contributed by atoms with Gasteiger partial charge in [-0.2, -0.15) is 0 Å². The molecule has 0 saturated carbocycles. The van der Waals surface area contributed by atoms with Gasteiger partial charge in [-0.3, -0.25) is 0 Å². The van der Waals surface area contributed by atoms with Gasteiger partial charge in [-0.25, -0.2) is 8.42 Å². The van der Waals surface area contributed by atoms with Crippen molar-refractivity contribution in [3.63, 3.8) is 0 Å². The van der Waals surface area contributed by atoms with Crippen molar-refractivity contribution in [3.05, 3.63) is 42.5 Å². The second-order valence-electron chi connectivity index (χ2n) is 7.15. The molecular formula is C17H24O3SSi. The SMILES string of the molecule is CC(C)(C)[Si](C)(C)OCS(=O)(=O)c1ccc2ccccc2c1. The van der Waals surface area contributed by atoms with Crippen molar-refractivity contribution in [1.82, 2.24) is 0 Å². The zero-order valence-electron chi connectivity index (χ0n) is 13.9. The van der Waals surface area contributed by atoms with Gasteiger partial charge in [0.1, 0.15) is 5.94 Å². The first-order valence-electron chi connectivity index (χ1n) is 7.38. The molecule has 0 aromatic heterocycles. The molecule has 0 aliphatic rings. The third-order valence-electron chi connectivity index (χ3n) is 4.46. The fourth-order valence-electron chi connectivity index (χ4n) is 1.87. The van der Waals surface area contributed by atoms with Gasteiger partial charge in [-0.05, 0) is 41.0 Å². The van der Waals surface area contributed by atoms with Crippen LogP contribution in [0.25, 0.3) is 10.8 Å². The average molecular weight is 337 g/mol. The molecule has 120 valence electrons. The van der Waals surface area contributed by atoms with Gasteiger partial charge in [0.25, 0.3) is 0 Å². The summed E-state index contributed by atoms with van der Waals surface area (Å²) in [5, 5.41) is 1.95. The maximum absolute atomic E-state index is 12.5. The molecular weight excluding hydrogens is 312 g/mol. The topological polar surface area (TPSA) is 43.4 Å². The average Bonchev–Trinajstić information content (AvgIpc) is 2.44. The maximum Gasteiger partial charge on any atom is 0.201 e. The summed E-state index contributed by atoms with van der Waals surface area (Å²) < 4.78 is 31.0. The Morgan fingerprint density at radius 2 is 1.59 bits per heavy atom. The molecule has 0 radical (unpaired) electrons. The molecule has 2 aromatic rings. The van der Waals surface area contributed by atoms with E-state index < -0.39 is 18.2 Å². The summed E-state index contributed by atoms with van der Waals surface area (Å²) in [5.41, 5.74) is 0. The number of fused-ring (bicyclic) bond motifs is 1. The smallest absolute Gasteiger partial charge is 0.201 e. The molecule has 0 spiro atoms. The van der Waals surface area contributed by atoms with Gasteiger partial charge in [0.15, 0.2) is 8.32 Å². The fraction of sp³-hybridized carbons (Fsp3) is 0.412. The summed E-state index contributed by atoms with van der Waals surface area (Å²) in [6.45, 7) is 10.4. The Morgan fingerprint density at radius 3 is 2.18 bits per heavy atom. The van der Waals surface area contributed by atoms with Crippen LogP contribution in [0.3, 0.4) is 0 Å². The molecule has 0 aliphatic heterocycles. The minimum Gasteiger partial charge on any atom is -0.403 e. The lowest BCUT2D eigenvalue weighted by Gasteiger charge is -2.35. The van der Waals surface area contributed by atoms with E-state index in [1.54, 1.807) is 12.1 Å². The lowest BCUT2D eigenvalue weighted by Crippen LogP contribution is -2.42. The first-order chi connectivity index (χ1) is 10.0. The zero-order valence-corrected chi connectivity index (χ0v) is 15.7. The monoisotopic (exact) mass is 336 g/mol. The molecule has 2 rings (SSSR count). The van der Waals surface area contributed by atoms with Gasteiger partial charge in [-0.15, -0.1) is 0 Å². The van der Waals surface area contributed by atoms with Gasteiger partial charge in [0.2, 0.25) is 9.84 Å². The molecule has 0 amide bonds. The summed E-state index contributed by atoms with van der Waals surface area (Å²) in [4.78, 5) is 0.324. The Labute approximate surface area is 134 Å². The van der Waals surface area contributed by atoms with Crippen LogP contribution in [-0.2, 0) is 14.3 Å². The second kappa shape index (κ2) is 5.79. The van der Waals surface area contributed by atoms with E-state index >= 15 is 0 Å². The standard InChI is InChI=1S/C17H24O3SSi/c1-17(2,3)22(4,5)20-13-21(18,19)16-11-10-14-8-6-7-9-15(14)12-16/h6-12H,13H2,1-5H3. The van der Waals surface area contributed by atoms with Crippen LogP contribution in [0.4, 0.5) is 0 Å². The number of benzene rings is 2. The normalized spacial score (nSPS) is 13.5. The minimum atomic E-state index is -3.43. The van der Waals surface area contributed by atoms with Crippen molar-refractivity contribution < 1.29 is 12.8 Å². The third-order valence-corrected chi connectivity index (χ3v) is 10.5. The lowest BCUT2D eigenvalue weighted by atomic mass is 10.1. The molecule has 5 heteroatoms. The maximum atomic E-state index is 12.5. The van der Waals surface area contributed by atoms with E-state index in [1.807, 2.05) is 30.3 Å². The first kappa shape index (κ1) is 17.2. The first-order valence-corrected chi connectivity index (χ1v) is 11.9. The predicted molar refractivity (Wildman–Crippen MR) is 94.3 cm³/mol. The van der Waals surface area contributed by atoms with Crippen LogP contribution in [0.5, 0.6) is 0 Å². The van der Waals surface area contributed by atoms with E-state index in [-0.39, 0.29) is 11.0 Å². The number of hydrogen-bond acceptors (Lipinski definition) is 3. The summed E-state index contributed by atoms with van der Waals surface area (Å²) in [5.74, 6) is -0.248. The molecule has 0 heterocycles. The molecule has 0 unspecified atom stereocenters. The van der Waals surface area contributed by atoms with Gasteiger partial charge in [0, 0.05) is 0 Å². The molecule has 0 aliphatic carbocycles. The van der Waals surface area contributed by atoms with Crippen LogP contribution in [0.15, 0.2) is 47.4 Å². The van der Waals surface area contributed by atoms with Crippen LogP contribution in [0.2, 0.25) is 18.1 Å². The van der Waals surface area contributed by atoms with Crippen LogP contribution in [0, 0.1) is 0 Å². The van der Waals surface area contributed by atoms with Gasteiger partial charge in [-0.1, -0.05) is 51.1 Å². The van der Waals surface area contributed by atoms with E-state index in [4.69, 9.17) is 4.43 Å². The summed E-state index contributed by atoms with van der Waals surface area (Å²) in [6, 6.07) is 13.0. The lowest BCUT2D eigenvalue weighted by molar-refractivity contribution is 0.342. The van der Waals surface area contributed by atoms with Gasteiger partial charge < -0.3 is 4.43 Å². The van der Waals surface area contributed by atoms with E-state index in [2.05, 4.69) is 33.9 Å². The minimum absolute atomic E-state index is 0.00803. The molecule has 0 bridgehead atoms. The van der Waals surface area contributed by atoms with Crippen LogP contribution in [-0.4, -0.2) is 22.7 Å². The van der Waals surface area contributed by atoms with Crippen LogP contribution < -0.4 is 0 Å². The number of rotatable bonds is 4. The molecule has 0 atom stereocenters. The molecule has 0 fully saturated rings. The van der Waals surface area contributed by atoms with Crippen molar-refractivity contribution >= 4 is 28.9 Å². The molecule has 22 heavy (non-hydrogen) atoms. The van der Waals surface area contributed by atoms with Gasteiger partial charge in [0.05, 0.1) is 4.90 Å². The quantitative estimate of drug-likeness (QED) is 0.767. The highest BCUT2D eigenvalue weighted by Crippen LogP contribution is 2.37. The summed E-state index contributed by atoms with van der Waals surface area (Å²) in [6.07, 6.45) is 0. The summed E-state index contributed by atoms with van der Waals surface area (Å²) in [7, 11) is -5.51. The molecule has 0 saturated heterocycles. The van der Waals surface area contributed by atoms with E-state index in [1.165, 1.54) is 0 Å². The van der Waals surface area contributed by atoms with E-state index in [0.717, 1.165) is 10.8 Å². The molecule has 2 aromatic carbocycles. The van der Waals surface area contributed by atoms with E-state index in [0.29, 0.717) is 4.90 Å². The number of hydrogen-bond donors (Lipinski definition) is 0. The fourth-order valence-corrected chi connectivity index (χ4v) is 4.82. The Morgan fingerprint density at radius 1 is 1.00 bits per heavy atom. The van der Waals surface area contributed by atoms with E-state index in [9.17, 15) is 8.42 Å². The summed E-state index contributed by atoms with van der Waals surface area (Å²) >= 11 is 0. The largest absolute Gasteiger partial charge is 0.403 e. The van der Waals surface area contributed by atoms with Crippen molar-refractivity contribution in [3.8, 4) is 0 Å². The van der Waals surface area contributed by atoms with Crippen molar-refractivity contribution in [2.75, 3.05) is 5.94 Å². The van der Waals surface area contributed by atoms with Crippen molar-refractivity contribution in [1.29, 1.82) is 0 Å². The van der Waals surface area contributed by atoms with Gasteiger partial charge >= 0.3 is 0 Å². The Kier molecular flexibility index (Phi) is 4.53. The highest BCUT2D eigenvalue weighted by molar-refractivity contribution is 7.91. The highest BCUT2D eigenvalue weighted by atomic mass is 32.2. The van der Waals surface area contributed by atoms with Crippen LogP contribution >= 0.6 is 0 Å². The van der Waals surface area contributed by atoms with Crippen molar-refractivity contribution in [2.24, 2.45) is 0 Å². The second-order valence-corrected chi connectivity index (χ2v) is 13.9. The highest BCUT2D eigenvalue weighted by Gasteiger charge is 2.38. The number of sulfone groups is 1. The Balaban J connectivity index is 2.26. The molecule has 0 N–H and O–H groups in total. The Hall–Kier alpha value is -1.17. The molecule has 3 nitrogen and oxygen atoms in total.